The first kappa shape index (κ1) is 17.4. The summed E-state index contributed by atoms with van der Waals surface area (Å²) in [5, 5.41) is 9.35. The molecule has 0 aliphatic rings. The smallest absolute Gasteiger partial charge is 0.264 e. The second-order valence-electron chi connectivity index (χ2n) is 5.64. The summed E-state index contributed by atoms with van der Waals surface area (Å²) in [7, 11) is 0. The van der Waals surface area contributed by atoms with Crippen molar-refractivity contribution in [3.05, 3.63) is 71.0 Å². The van der Waals surface area contributed by atoms with Crippen molar-refractivity contribution in [1.29, 1.82) is 0 Å². The fourth-order valence-electron chi connectivity index (χ4n) is 2.54. The molecule has 8 heteroatoms. The van der Waals surface area contributed by atoms with Gasteiger partial charge in [-0.15, -0.1) is 11.3 Å². The van der Waals surface area contributed by atoms with Crippen LogP contribution in [0.15, 0.2) is 69.8 Å². The zero-order valence-corrected chi connectivity index (χ0v) is 15.6. The van der Waals surface area contributed by atoms with Gasteiger partial charge in [-0.2, -0.15) is 5.10 Å². The SMILES string of the molecule is O=C(CSc1nc2ccccc2s1)Nc1ccccc1-c1ccc(=O)[nH]n1. The summed E-state index contributed by atoms with van der Waals surface area (Å²) in [6, 6.07) is 18.3. The molecule has 27 heavy (non-hydrogen) atoms. The molecule has 0 radical (unpaired) electrons. The highest BCUT2D eigenvalue weighted by atomic mass is 32.2. The number of amides is 1. The quantitative estimate of drug-likeness (QED) is 0.503. The van der Waals surface area contributed by atoms with Gasteiger partial charge in [-0.05, 0) is 24.3 Å². The van der Waals surface area contributed by atoms with E-state index in [1.54, 1.807) is 17.4 Å². The Morgan fingerprint density at radius 1 is 1.07 bits per heavy atom. The van der Waals surface area contributed by atoms with Crippen molar-refractivity contribution < 1.29 is 4.79 Å². The van der Waals surface area contributed by atoms with Crippen LogP contribution in [0.2, 0.25) is 0 Å². The molecule has 0 saturated carbocycles. The largest absolute Gasteiger partial charge is 0.325 e. The third-order valence-corrected chi connectivity index (χ3v) is 5.94. The topological polar surface area (TPSA) is 87.7 Å². The molecule has 1 amide bonds. The number of hydrogen-bond donors (Lipinski definition) is 2. The van der Waals surface area contributed by atoms with Crippen LogP contribution in [0, 0.1) is 0 Å². The Hall–Kier alpha value is -2.97. The Balaban J connectivity index is 1.46. The molecule has 4 aromatic rings. The van der Waals surface area contributed by atoms with Gasteiger partial charge in [0.1, 0.15) is 0 Å². The molecule has 0 aliphatic heterocycles. The van der Waals surface area contributed by atoms with E-state index in [2.05, 4.69) is 20.5 Å². The predicted molar refractivity (Wildman–Crippen MR) is 109 cm³/mol. The Morgan fingerprint density at radius 2 is 1.89 bits per heavy atom. The first-order valence-electron chi connectivity index (χ1n) is 8.12. The van der Waals surface area contributed by atoms with E-state index in [0.717, 1.165) is 20.1 Å². The van der Waals surface area contributed by atoms with Crippen molar-refractivity contribution in [2.45, 2.75) is 4.34 Å². The number of nitrogens with zero attached hydrogens (tertiary/aromatic N) is 2. The van der Waals surface area contributed by atoms with Crippen molar-refractivity contribution >= 4 is 44.9 Å². The Kier molecular flexibility index (Phi) is 4.99. The number of carbonyl (C=O) groups is 1. The first-order valence-corrected chi connectivity index (χ1v) is 9.92. The van der Waals surface area contributed by atoms with Gasteiger partial charge < -0.3 is 5.32 Å². The van der Waals surface area contributed by atoms with Crippen LogP contribution >= 0.6 is 23.1 Å². The molecule has 2 N–H and O–H groups in total. The van der Waals surface area contributed by atoms with Crippen molar-refractivity contribution in [2.75, 3.05) is 11.1 Å². The highest BCUT2D eigenvalue weighted by Gasteiger charge is 2.11. The van der Waals surface area contributed by atoms with Gasteiger partial charge in [-0.25, -0.2) is 10.1 Å². The second-order valence-corrected chi connectivity index (χ2v) is 7.89. The molecule has 0 saturated heterocycles. The molecule has 134 valence electrons. The summed E-state index contributed by atoms with van der Waals surface area (Å²) < 4.78 is 1.97. The molecule has 0 atom stereocenters. The molecular weight excluding hydrogens is 380 g/mol. The van der Waals surface area contributed by atoms with Gasteiger partial charge in [-0.1, -0.05) is 42.1 Å². The van der Waals surface area contributed by atoms with Gasteiger partial charge in [-0.3, -0.25) is 9.59 Å². The lowest BCUT2D eigenvalue weighted by molar-refractivity contribution is -0.113. The number of H-pyrrole nitrogens is 1. The van der Waals surface area contributed by atoms with E-state index in [1.807, 2.05) is 48.5 Å². The van der Waals surface area contributed by atoms with Crippen LogP contribution < -0.4 is 10.9 Å². The maximum atomic E-state index is 12.4. The number of benzene rings is 2. The third-order valence-electron chi connectivity index (χ3n) is 3.76. The predicted octanol–water partition coefficient (Wildman–Crippen LogP) is 3.78. The van der Waals surface area contributed by atoms with Crippen LogP contribution in [-0.4, -0.2) is 26.8 Å². The molecule has 2 heterocycles. The van der Waals surface area contributed by atoms with Gasteiger partial charge in [0.05, 0.1) is 27.4 Å². The zero-order chi connectivity index (χ0) is 18.6. The molecule has 0 spiro atoms. The van der Waals surface area contributed by atoms with E-state index in [1.165, 1.54) is 17.8 Å². The molecule has 0 fully saturated rings. The van der Waals surface area contributed by atoms with E-state index < -0.39 is 0 Å². The maximum absolute atomic E-state index is 12.4. The minimum atomic E-state index is -0.271. The number of rotatable bonds is 5. The maximum Gasteiger partial charge on any atom is 0.264 e. The Morgan fingerprint density at radius 3 is 2.70 bits per heavy atom. The van der Waals surface area contributed by atoms with Gasteiger partial charge in [0.15, 0.2) is 4.34 Å². The van der Waals surface area contributed by atoms with Crippen molar-refractivity contribution in [1.82, 2.24) is 15.2 Å². The zero-order valence-electron chi connectivity index (χ0n) is 14.0. The molecular formula is C19H14N4O2S2. The summed E-state index contributed by atoms with van der Waals surface area (Å²) in [6.45, 7) is 0. The number of para-hydroxylation sites is 2. The molecule has 0 bridgehead atoms. The molecule has 2 aromatic heterocycles. The van der Waals surface area contributed by atoms with Crippen molar-refractivity contribution in [3.63, 3.8) is 0 Å². The molecule has 0 aliphatic carbocycles. The number of hydrogen-bond acceptors (Lipinski definition) is 6. The summed E-state index contributed by atoms with van der Waals surface area (Å²) in [5.74, 6) is 0.129. The van der Waals surface area contributed by atoms with Gasteiger partial charge in [0, 0.05) is 11.6 Å². The number of thioether (sulfide) groups is 1. The minimum absolute atomic E-state index is 0.129. The second kappa shape index (κ2) is 7.73. The van der Waals surface area contributed by atoms with Crippen molar-refractivity contribution in [3.8, 4) is 11.3 Å². The normalized spacial score (nSPS) is 10.8. The van der Waals surface area contributed by atoms with E-state index in [-0.39, 0.29) is 17.2 Å². The minimum Gasteiger partial charge on any atom is -0.325 e. The molecule has 4 rings (SSSR count). The standard InChI is InChI=1S/C19H14N4O2S2/c24-17-10-9-14(22-23-17)12-5-1-2-6-13(12)20-18(25)11-26-19-21-15-7-3-4-8-16(15)27-19/h1-10H,11H2,(H,20,25)(H,23,24). The van der Waals surface area contributed by atoms with E-state index in [4.69, 9.17) is 0 Å². The average molecular weight is 394 g/mol. The number of carbonyl (C=O) groups excluding carboxylic acids is 1. The lowest BCUT2D eigenvalue weighted by Crippen LogP contribution is -2.15. The lowest BCUT2D eigenvalue weighted by Gasteiger charge is -2.10. The van der Waals surface area contributed by atoms with Crippen LogP contribution in [0.4, 0.5) is 5.69 Å². The van der Waals surface area contributed by atoms with E-state index >= 15 is 0 Å². The number of anilines is 1. The van der Waals surface area contributed by atoms with E-state index in [9.17, 15) is 9.59 Å². The van der Waals surface area contributed by atoms with Crippen LogP contribution in [0.1, 0.15) is 0 Å². The fraction of sp³-hybridized carbons (Fsp3) is 0.0526. The number of fused-ring (bicyclic) bond motifs is 1. The summed E-state index contributed by atoms with van der Waals surface area (Å²) in [5.41, 5.74) is 2.65. The average Bonchev–Trinajstić information content (AvgIpc) is 3.11. The number of aromatic nitrogens is 3. The highest BCUT2D eigenvalue weighted by molar-refractivity contribution is 8.01. The number of thiazole rings is 1. The fourth-order valence-corrected chi connectivity index (χ4v) is 4.40. The van der Waals surface area contributed by atoms with Crippen LogP contribution in [0.3, 0.4) is 0 Å². The molecule has 2 aromatic carbocycles. The lowest BCUT2D eigenvalue weighted by atomic mass is 10.1. The van der Waals surface area contributed by atoms with Crippen molar-refractivity contribution in [2.24, 2.45) is 0 Å². The van der Waals surface area contributed by atoms with Crippen LogP contribution in [0.25, 0.3) is 21.5 Å². The van der Waals surface area contributed by atoms with Crippen LogP contribution in [-0.2, 0) is 4.79 Å². The van der Waals surface area contributed by atoms with Gasteiger partial charge in [0.25, 0.3) is 5.56 Å². The Labute approximate surface area is 162 Å². The van der Waals surface area contributed by atoms with Crippen LogP contribution in [0.5, 0.6) is 0 Å². The van der Waals surface area contributed by atoms with E-state index in [0.29, 0.717) is 11.4 Å². The Bertz CT molecular complexity index is 1120. The van der Waals surface area contributed by atoms with Gasteiger partial charge >= 0.3 is 0 Å². The highest BCUT2D eigenvalue weighted by Crippen LogP contribution is 2.30. The van der Waals surface area contributed by atoms with Gasteiger partial charge in [0.2, 0.25) is 5.91 Å². The third kappa shape index (κ3) is 4.07. The number of nitrogens with one attached hydrogen (secondary N) is 2. The first-order chi connectivity index (χ1) is 13.2. The summed E-state index contributed by atoms with van der Waals surface area (Å²) in [6.07, 6.45) is 0. The monoisotopic (exact) mass is 394 g/mol. The number of aromatic amines is 1. The molecule has 0 unspecified atom stereocenters. The summed E-state index contributed by atoms with van der Waals surface area (Å²) >= 11 is 2.98. The summed E-state index contributed by atoms with van der Waals surface area (Å²) in [4.78, 5) is 28.1. The molecule has 6 nitrogen and oxygen atoms in total.